The fourth-order valence-electron chi connectivity index (χ4n) is 0.615. The molecule has 0 N–H and O–H groups in total. The van der Waals surface area contributed by atoms with Gasteiger partial charge in [-0.2, -0.15) is 0 Å². The van der Waals surface area contributed by atoms with Crippen molar-refractivity contribution < 1.29 is 0 Å². The predicted octanol–water partition coefficient (Wildman–Crippen LogP) is 1.89. The largest absolute Gasteiger partial charge is 0.340 e. The number of rotatable bonds is 4. The molecule has 0 aromatic rings. The fraction of sp³-hybridized carbons (Fsp3) is 0.625. The minimum atomic E-state index is 0.980. The summed E-state index contributed by atoms with van der Waals surface area (Å²) in [6, 6.07) is 0. The maximum absolute atomic E-state index is 3.91. The van der Waals surface area contributed by atoms with E-state index >= 15 is 0 Å². The van der Waals surface area contributed by atoms with E-state index in [0.717, 1.165) is 13.0 Å². The van der Waals surface area contributed by atoms with E-state index in [-0.39, 0.29) is 0 Å². The Hall–Kier alpha value is -0.790. The van der Waals surface area contributed by atoms with E-state index in [0.29, 0.717) is 0 Å². The summed E-state index contributed by atoms with van der Waals surface area (Å²) in [5.74, 6) is 0. The molecule has 58 valence electrons. The first-order chi connectivity index (χ1) is 4.85. The Morgan fingerprint density at radius 3 is 2.50 bits per heavy atom. The molecule has 10 heavy (non-hydrogen) atoms. The molecule has 0 atom stereocenters. The molecule has 0 saturated heterocycles. The van der Waals surface area contributed by atoms with Crippen LogP contribution in [0.4, 0.5) is 0 Å². The molecule has 0 rings (SSSR count). The van der Waals surface area contributed by atoms with Crippen molar-refractivity contribution in [1.29, 1.82) is 0 Å². The van der Waals surface area contributed by atoms with Crippen molar-refractivity contribution in [3.05, 3.63) is 12.3 Å². The predicted molar refractivity (Wildman–Crippen MR) is 46.2 cm³/mol. The third-order valence-electron chi connectivity index (χ3n) is 1.16. The molecule has 0 fully saturated rings. The van der Waals surface area contributed by atoms with Crippen LogP contribution in [-0.2, 0) is 0 Å². The fourth-order valence-corrected chi connectivity index (χ4v) is 0.615. The molecule has 0 aromatic heterocycles. The van der Waals surface area contributed by atoms with E-state index in [4.69, 9.17) is 0 Å². The summed E-state index contributed by atoms with van der Waals surface area (Å²) in [5.41, 5.74) is 0. The normalized spacial score (nSPS) is 11.5. The summed E-state index contributed by atoms with van der Waals surface area (Å²) in [7, 11) is 1.78. The van der Waals surface area contributed by atoms with E-state index in [1.807, 2.05) is 17.4 Å². The molecule has 0 unspecified atom stereocenters. The molecule has 0 spiro atoms. The molecule has 0 aliphatic rings. The Kier molecular flexibility index (Phi) is 5.83. The first-order valence-corrected chi connectivity index (χ1v) is 3.69. The highest BCUT2D eigenvalue weighted by Crippen LogP contribution is 1.86. The monoisotopic (exact) mass is 140 g/mol. The van der Waals surface area contributed by atoms with Crippen molar-refractivity contribution in [2.75, 3.05) is 13.6 Å². The lowest BCUT2D eigenvalue weighted by atomic mass is 10.4. The van der Waals surface area contributed by atoms with Crippen molar-refractivity contribution in [2.45, 2.75) is 20.3 Å². The quantitative estimate of drug-likeness (QED) is 0.430. The average Bonchev–Trinajstić information content (AvgIpc) is 1.98. The number of hydrogen-bond acceptors (Lipinski definition) is 1. The molecule has 0 amide bonds. The number of aliphatic imine (C=N–C) groups is 1. The highest BCUT2D eigenvalue weighted by Gasteiger charge is 1.85. The smallest absolute Gasteiger partial charge is 0.0885 e. The molecule has 0 saturated carbocycles. The van der Waals surface area contributed by atoms with Gasteiger partial charge in [0, 0.05) is 19.8 Å². The van der Waals surface area contributed by atoms with Gasteiger partial charge in [0.05, 0.1) is 6.34 Å². The van der Waals surface area contributed by atoms with Gasteiger partial charge >= 0.3 is 0 Å². The maximum Gasteiger partial charge on any atom is 0.0885 e. The third-order valence-corrected chi connectivity index (χ3v) is 1.16. The van der Waals surface area contributed by atoms with Crippen LogP contribution in [0.25, 0.3) is 0 Å². The molecule has 0 aromatic carbocycles. The minimum absolute atomic E-state index is 0.980. The molecule has 2 heteroatoms. The lowest BCUT2D eigenvalue weighted by molar-refractivity contribution is 0.603. The van der Waals surface area contributed by atoms with Gasteiger partial charge in [-0.05, 0) is 13.3 Å². The van der Waals surface area contributed by atoms with Crippen LogP contribution in [0.1, 0.15) is 20.3 Å². The molecule has 0 radical (unpaired) electrons. The van der Waals surface area contributed by atoms with Crippen LogP contribution >= 0.6 is 0 Å². The third kappa shape index (κ3) is 4.13. The van der Waals surface area contributed by atoms with Crippen LogP contribution in [0.3, 0.4) is 0 Å². The topological polar surface area (TPSA) is 15.6 Å². The van der Waals surface area contributed by atoms with Gasteiger partial charge in [-0.25, -0.2) is 0 Å². The van der Waals surface area contributed by atoms with Gasteiger partial charge in [-0.15, -0.1) is 0 Å². The molecule has 0 aliphatic carbocycles. The van der Waals surface area contributed by atoms with E-state index in [2.05, 4.69) is 24.9 Å². The summed E-state index contributed by atoms with van der Waals surface area (Å²) < 4.78 is 0. The molecule has 2 nitrogen and oxygen atoms in total. The van der Waals surface area contributed by atoms with Crippen LogP contribution in [0.5, 0.6) is 0 Å². The summed E-state index contributed by atoms with van der Waals surface area (Å²) in [4.78, 5) is 5.95. The Labute approximate surface area is 63.3 Å². The van der Waals surface area contributed by atoms with Crippen molar-refractivity contribution in [3.8, 4) is 0 Å². The standard InChI is InChI=1S/C8H16N2/c1-4-6-7-10(5-2)8-9-3/h6-8H,4-5H2,1-3H3/b7-6-,9-8-. The van der Waals surface area contributed by atoms with Crippen molar-refractivity contribution in [2.24, 2.45) is 4.99 Å². The number of hydrogen-bond donors (Lipinski definition) is 0. The van der Waals surface area contributed by atoms with Gasteiger partial charge in [0.25, 0.3) is 0 Å². The van der Waals surface area contributed by atoms with Gasteiger partial charge in [0.1, 0.15) is 0 Å². The summed E-state index contributed by atoms with van der Waals surface area (Å²) in [6.07, 6.45) is 7.07. The lowest BCUT2D eigenvalue weighted by Crippen LogP contribution is -2.13. The summed E-state index contributed by atoms with van der Waals surface area (Å²) in [5, 5.41) is 0. The SMILES string of the molecule is CC/C=C\N(/C=N\C)CC. The second-order valence-corrected chi connectivity index (χ2v) is 2.00. The zero-order chi connectivity index (χ0) is 7.82. The Morgan fingerprint density at radius 1 is 1.40 bits per heavy atom. The van der Waals surface area contributed by atoms with Gasteiger partial charge in [0.2, 0.25) is 0 Å². The van der Waals surface area contributed by atoms with E-state index in [9.17, 15) is 0 Å². The van der Waals surface area contributed by atoms with Crippen molar-refractivity contribution in [1.82, 2.24) is 4.90 Å². The Balaban J connectivity index is 3.70. The molecular formula is C8H16N2. The van der Waals surface area contributed by atoms with Gasteiger partial charge in [-0.1, -0.05) is 13.0 Å². The van der Waals surface area contributed by atoms with Crippen molar-refractivity contribution in [3.63, 3.8) is 0 Å². The number of nitrogens with zero attached hydrogens (tertiary/aromatic N) is 2. The van der Waals surface area contributed by atoms with E-state index < -0.39 is 0 Å². The van der Waals surface area contributed by atoms with Gasteiger partial charge < -0.3 is 4.90 Å². The Morgan fingerprint density at radius 2 is 2.10 bits per heavy atom. The molecule has 0 bridgehead atoms. The Bertz CT molecular complexity index is 116. The lowest BCUT2D eigenvalue weighted by Gasteiger charge is -2.09. The zero-order valence-electron chi connectivity index (χ0n) is 7.04. The summed E-state index contributed by atoms with van der Waals surface area (Å²) >= 11 is 0. The average molecular weight is 140 g/mol. The van der Waals surface area contributed by atoms with E-state index in [1.165, 1.54) is 0 Å². The molecule has 0 heterocycles. The zero-order valence-corrected chi connectivity index (χ0v) is 7.04. The molecular weight excluding hydrogens is 124 g/mol. The first-order valence-electron chi connectivity index (χ1n) is 3.69. The van der Waals surface area contributed by atoms with Crippen LogP contribution in [0.15, 0.2) is 17.3 Å². The highest BCUT2D eigenvalue weighted by atomic mass is 15.1. The van der Waals surface area contributed by atoms with Crippen LogP contribution in [0.2, 0.25) is 0 Å². The second-order valence-electron chi connectivity index (χ2n) is 2.00. The highest BCUT2D eigenvalue weighted by molar-refractivity contribution is 5.55. The minimum Gasteiger partial charge on any atom is -0.340 e. The van der Waals surface area contributed by atoms with Crippen LogP contribution in [-0.4, -0.2) is 24.8 Å². The maximum atomic E-state index is 3.91. The van der Waals surface area contributed by atoms with Gasteiger partial charge in [-0.3, -0.25) is 4.99 Å². The van der Waals surface area contributed by atoms with Gasteiger partial charge in [0.15, 0.2) is 0 Å². The number of allylic oxidation sites excluding steroid dienone is 1. The first kappa shape index (κ1) is 9.21. The van der Waals surface area contributed by atoms with Crippen LogP contribution in [0, 0.1) is 0 Å². The van der Waals surface area contributed by atoms with Crippen LogP contribution < -0.4 is 0 Å². The molecule has 0 aliphatic heterocycles. The van der Waals surface area contributed by atoms with Crippen molar-refractivity contribution >= 4 is 6.34 Å². The van der Waals surface area contributed by atoms with E-state index in [1.54, 1.807) is 7.05 Å². The second kappa shape index (κ2) is 6.33. The summed E-state index contributed by atoms with van der Waals surface area (Å²) in [6.45, 7) is 5.20.